The molecule has 0 fully saturated rings. The number of hydrogen-bond acceptors (Lipinski definition) is 1. The summed E-state index contributed by atoms with van der Waals surface area (Å²) in [5, 5.41) is 2.53. The van der Waals surface area contributed by atoms with Crippen molar-refractivity contribution < 1.29 is 0 Å². The molecule has 0 bridgehead atoms. The Morgan fingerprint density at radius 2 is 0.707 bits per heavy atom. The Labute approximate surface area is 438 Å². The van der Waals surface area contributed by atoms with Gasteiger partial charge in [0.05, 0.1) is 16.4 Å². The summed E-state index contributed by atoms with van der Waals surface area (Å²) in [6, 6.07) is 91.8. The maximum absolute atomic E-state index is 2.51. The highest BCUT2D eigenvalue weighted by molar-refractivity contribution is 6.13. The number of aromatic nitrogens is 1. The first kappa shape index (κ1) is 42.5. The standard InChI is InChI=1S/C73H52N2/c1-71(2)61-25-13-8-20-51(61)56-37-30-46(41-66(56)71)45-31-39-69-59(40-45)60-43-58-55-24-9-14-26-62(55)72(3,4)67(58)44-70(60)75(69)49-34-32-48(33-35-49)74(47-18-6-5-7-19-47)50-36-38-57-54-23-12-17-29-65(54)73(68(57)42-50)63-27-15-10-21-52(63)53-22-11-16-28-64(53)73/h5-44H,1-4H3. The van der Waals surface area contributed by atoms with Gasteiger partial charge >= 0.3 is 0 Å². The van der Waals surface area contributed by atoms with E-state index in [9.17, 15) is 0 Å². The van der Waals surface area contributed by atoms with Crippen molar-refractivity contribution in [2.75, 3.05) is 4.90 Å². The van der Waals surface area contributed by atoms with Crippen LogP contribution >= 0.6 is 0 Å². The highest BCUT2D eigenvalue weighted by Gasteiger charge is 2.51. The van der Waals surface area contributed by atoms with Gasteiger partial charge in [-0.25, -0.2) is 0 Å². The van der Waals surface area contributed by atoms with Crippen LogP contribution in [0.15, 0.2) is 243 Å². The predicted octanol–water partition coefficient (Wildman–Crippen LogP) is 18.9. The van der Waals surface area contributed by atoms with Crippen LogP contribution < -0.4 is 4.90 Å². The summed E-state index contributed by atoms with van der Waals surface area (Å²) >= 11 is 0. The molecule has 12 aromatic rings. The van der Waals surface area contributed by atoms with E-state index < -0.39 is 5.41 Å². The summed E-state index contributed by atoms with van der Waals surface area (Å²) in [6.45, 7) is 9.52. The van der Waals surface area contributed by atoms with Gasteiger partial charge in [0.15, 0.2) is 0 Å². The molecular weight excluding hydrogens is 905 g/mol. The normalized spacial score (nSPS) is 15.0. The van der Waals surface area contributed by atoms with Gasteiger partial charge in [-0.3, -0.25) is 0 Å². The number of hydrogen-bond donors (Lipinski definition) is 0. The zero-order valence-corrected chi connectivity index (χ0v) is 42.5. The second-order valence-corrected chi connectivity index (χ2v) is 22.4. The van der Waals surface area contributed by atoms with E-state index >= 15 is 0 Å². The molecular formula is C73H52N2. The van der Waals surface area contributed by atoms with Crippen LogP contribution in [0.5, 0.6) is 0 Å². The molecule has 11 aromatic carbocycles. The summed E-state index contributed by atoms with van der Waals surface area (Å²) in [4.78, 5) is 2.44. The summed E-state index contributed by atoms with van der Waals surface area (Å²) in [5.41, 5.74) is 30.3. The van der Waals surface area contributed by atoms with Crippen LogP contribution in [0.2, 0.25) is 0 Å². The highest BCUT2D eigenvalue weighted by Crippen LogP contribution is 2.63. The van der Waals surface area contributed by atoms with Crippen LogP contribution in [0.25, 0.3) is 83.1 Å². The molecule has 0 radical (unpaired) electrons. The molecule has 4 aliphatic rings. The zero-order valence-electron chi connectivity index (χ0n) is 42.5. The van der Waals surface area contributed by atoms with Crippen LogP contribution in [-0.2, 0) is 16.2 Å². The molecule has 0 aliphatic heterocycles. The van der Waals surface area contributed by atoms with Gasteiger partial charge in [-0.1, -0.05) is 191 Å². The first-order chi connectivity index (χ1) is 36.7. The van der Waals surface area contributed by atoms with Crippen LogP contribution in [0.1, 0.15) is 72.2 Å². The molecule has 75 heavy (non-hydrogen) atoms. The largest absolute Gasteiger partial charge is 0.310 e. The van der Waals surface area contributed by atoms with Crippen molar-refractivity contribution in [3.8, 4) is 61.3 Å². The second-order valence-electron chi connectivity index (χ2n) is 22.4. The fourth-order valence-corrected chi connectivity index (χ4v) is 14.6. The molecule has 4 aliphatic carbocycles. The SMILES string of the molecule is CC1(C)c2ccccc2-c2ccc(-c3ccc4c(c3)c3cc5c(cc3n4-c3ccc(N(c4ccccc4)c4ccc6c(c4)C4(c7ccccc7-c7ccccc74)c4ccccc4-6)cc3)C(C)(C)c3ccccc3-5)cc21. The third-order valence-electron chi connectivity index (χ3n) is 18.0. The summed E-state index contributed by atoms with van der Waals surface area (Å²) in [6.07, 6.45) is 0. The summed E-state index contributed by atoms with van der Waals surface area (Å²) in [7, 11) is 0. The van der Waals surface area contributed by atoms with E-state index in [-0.39, 0.29) is 10.8 Å². The summed E-state index contributed by atoms with van der Waals surface area (Å²) in [5.74, 6) is 0. The molecule has 0 saturated carbocycles. The van der Waals surface area contributed by atoms with Gasteiger partial charge in [0, 0.05) is 44.4 Å². The molecule has 16 rings (SSSR count). The smallest absolute Gasteiger partial charge is 0.0726 e. The molecule has 1 spiro atoms. The van der Waals surface area contributed by atoms with Gasteiger partial charge in [-0.05, 0) is 179 Å². The van der Waals surface area contributed by atoms with Crippen LogP contribution in [-0.4, -0.2) is 4.57 Å². The zero-order chi connectivity index (χ0) is 50.0. The van der Waals surface area contributed by atoms with Crippen molar-refractivity contribution >= 4 is 38.9 Å². The van der Waals surface area contributed by atoms with Gasteiger partial charge in [0.25, 0.3) is 0 Å². The van der Waals surface area contributed by atoms with Crippen molar-refractivity contribution in [1.82, 2.24) is 4.57 Å². The van der Waals surface area contributed by atoms with Gasteiger partial charge in [0.1, 0.15) is 0 Å². The lowest BCUT2D eigenvalue weighted by Crippen LogP contribution is -2.26. The van der Waals surface area contributed by atoms with Crippen molar-refractivity contribution in [2.24, 2.45) is 0 Å². The Kier molecular flexibility index (Phi) is 8.54. The molecule has 2 heteroatoms. The van der Waals surface area contributed by atoms with E-state index in [1.165, 1.54) is 122 Å². The number of anilines is 3. The maximum atomic E-state index is 2.51. The number of fused-ring (bicyclic) bond motifs is 19. The minimum absolute atomic E-state index is 0.0753. The molecule has 0 amide bonds. The molecule has 1 heterocycles. The van der Waals surface area contributed by atoms with Crippen molar-refractivity contribution in [1.29, 1.82) is 0 Å². The topological polar surface area (TPSA) is 8.17 Å². The molecule has 0 saturated heterocycles. The quantitative estimate of drug-likeness (QED) is 0.167. The fourth-order valence-electron chi connectivity index (χ4n) is 14.6. The fraction of sp³-hybridized carbons (Fsp3) is 0.0959. The Bertz CT molecular complexity index is 4350. The monoisotopic (exact) mass is 956 g/mol. The van der Waals surface area contributed by atoms with E-state index in [4.69, 9.17) is 0 Å². The Balaban J connectivity index is 0.865. The van der Waals surface area contributed by atoms with Crippen LogP contribution in [0.3, 0.4) is 0 Å². The second kappa shape index (κ2) is 15.1. The lowest BCUT2D eigenvalue weighted by Gasteiger charge is -2.32. The molecule has 0 atom stereocenters. The summed E-state index contributed by atoms with van der Waals surface area (Å²) < 4.78 is 2.51. The van der Waals surface area contributed by atoms with Crippen molar-refractivity contribution in [3.63, 3.8) is 0 Å². The van der Waals surface area contributed by atoms with Gasteiger partial charge < -0.3 is 9.47 Å². The molecule has 1 aromatic heterocycles. The first-order valence-corrected chi connectivity index (χ1v) is 26.6. The van der Waals surface area contributed by atoms with E-state index in [0.717, 1.165) is 22.7 Å². The van der Waals surface area contributed by atoms with E-state index in [2.05, 4.69) is 280 Å². The van der Waals surface area contributed by atoms with E-state index in [1.807, 2.05) is 0 Å². The highest BCUT2D eigenvalue weighted by atomic mass is 15.1. The van der Waals surface area contributed by atoms with Crippen molar-refractivity contribution in [3.05, 3.63) is 287 Å². The number of nitrogens with zero attached hydrogens (tertiary/aromatic N) is 2. The van der Waals surface area contributed by atoms with E-state index in [1.54, 1.807) is 0 Å². The lowest BCUT2D eigenvalue weighted by atomic mass is 9.70. The minimum Gasteiger partial charge on any atom is -0.310 e. The maximum Gasteiger partial charge on any atom is 0.0726 e. The third kappa shape index (κ3) is 5.59. The average Bonchev–Trinajstić information content (AvgIpc) is 4.19. The number of rotatable bonds is 5. The Morgan fingerprint density at radius 3 is 1.32 bits per heavy atom. The third-order valence-corrected chi connectivity index (χ3v) is 18.0. The van der Waals surface area contributed by atoms with Crippen molar-refractivity contribution in [2.45, 2.75) is 43.9 Å². The predicted molar refractivity (Wildman–Crippen MR) is 312 cm³/mol. The molecule has 354 valence electrons. The molecule has 0 N–H and O–H groups in total. The Hall–Kier alpha value is -8.98. The Morgan fingerprint density at radius 1 is 0.280 bits per heavy atom. The van der Waals surface area contributed by atoms with Gasteiger partial charge in [-0.15, -0.1) is 0 Å². The van der Waals surface area contributed by atoms with Gasteiger partial charge in [-0.2, -0.15) is 0 Å². The van der Waals surface area contributed by atoms with E-state index in [0.29, 0.717) is 0 Å². The number of benzene rings is 11. The van der Waals surface area contributed by atoms with Crippen LogP contribution in [0, 0.1) is 0 Å². The number of para-hydroxylation sites is 1. The minimum atomic E-state index is -0.434. The molecule has 0 unspecified atom stereocenters. The first-order valence-electron chi connectivity index (χ1n) is 26.6. The van der Waals surface area contributed by atoms with Crippen LogP contribution in [0.4, 0.5) is 17.1 Å². The lowest BCUT2D eigenvalue weighted by molar-refractivity contribution is 0.660. The average molecular weight is 957 g/mol. The van der Waals surface area contributed by atoms with Gasteiger partial charge in [0.2, 0.25) is 0 Å². The molecule has 2 nitrogen and oxygen atoms in total.